The zero-order chi connectivity index (χ0) is 19.4. The molecule has 0 saturated carbocycles. The minimum Gasteiger partial charge on any atom is -0.493 e. The van der Waals surface area contributed by atoms with Crippen LogP contribution in [0.15, 0.2) is 47.6 Å². The molecular weight excluding hydrogens is 338 g/mol. The van der Waals surface area contributed by atoms with E-state index in [1.165, 1.54) is 5.56 Å². The minimum absolute atomic E-state index is 0.217. The maximum atomic E-state index is 5.77. The molecule has 27 heavy (non-hydrogen) atoms. The molecule has 1 aliphatic heterocycles. The Kier molecular flexibility index (Phi) is 5.69. The summed E-state index contributed by atoms with van der Waals surface area (Å²) < 4.78 is 11.1. The summed E-state index contributed by atoms with van der Waals surface area (Å²) in [6, 6.07) is 12.1. The van der Waals surface area contributed by atoms with Crippen LogP contribution in [0.2, 0.25) is 0 Å². The zero-order valence-electron chi connectivity index (χ0n) is 16.3. The number of nitrogens with two attached hydrogens (primary N) is 1. The Morgan fingerprint density at radius 1 is 1.07 bits per heavy atom. The Morgan fingerprint density at radius 3 is 2.37 bits per heavy atom. The molecule has 1 aliphatic rings. The van der Waals surface area contributed by atoms with Crippen LogP contribution in [0, 0.1) is 0 Å². The molecule has 0 fully saturated rings. The van der Waals surface area contributed by atoms with Crippen molar-refractivity contribution in [1.82, 2.24) is 5.43 Å². The van der Waals surface area contributed by atoms with Crippen LogP contribution in [0.25, 0.3) is 6.08 Å². The van der Waals surface area contributed by atoms with Crippen LogP contribution in [0.4, 0.5) is 5.69 Å². The Morgan fingerprint density at radius 2 is 1.74 bits per heavy atom. The first-order valence-electron chi connectivity index (χ1n) is 9.20. The van der Waals surface area contributed by atoms with E-state index in [9.17, 15) is 0 Å². The number of nitrogens with zero attached hydrogens (tertiary/aromatic N) is 1. The van der Waals surface area contributed by atoms with Crippen molar-refractivity contribution in [2.45, 2.75) is 32.2 Å². The maximum Gasteiger partial charge on any atom is 0.161 e. The quantitative estimate of drug-likeness (QED) is 0.780. The number of benzene rings is 2. The summed E-state index contributed by atoms with van der Waals surface area (Å²) in [5.41, 5.74) is 14.0. The second-order valence-electron chi connectivity index (χ2n) is 6.72. The Balaban J connectivity index is 2.08. The van der Waals surface area contributed by atoms with Crippen LogP contribution in [-0.4, -0.2) is 26.0 Å². The van der Waals surface area contributed by atoms with Gasteiger partial charge >= 0.3 is 0 Å². The third kappa shape index (κ3) is 3.92. The van der Waals surface area contributed by atoms with Crippen molar-refractivity contribution in [3.8, 4) is 11.5 Å². The zero-order valence-corrected chi connectivity index (χ0v) is 16.3. The van der Waals surface area contributed by atoms with Crippen LogP contribution in [0.5, 0.6) is 11.5 Å². The number of hydrogen-bond donors (Lipinski definition) is 2. The highest BCUT2D eigenvalue weighted by molar-refractivity contribution is 6.12. The van der Waals surface area contributed by atoms with E-state index >= 15 is 0 Å². The lowest BCUT2D eigenvalue weighted by Crippen LogP contribution is -2.26. The number of hydrazone groups is 1. The van der Waals surface area contributed by atoms with Crippen molar-refractivity contribution < 1.29 is 9.47 Å². The smallest absolute Gasteiger partial charge is 0.161 e. The lowest BCUT2D eigenvalue weighted by molar-refractivity contribution is 0.353. The van der Waals surface area contributed by atoms with Gasteiger partial charge in [-0.05, 0) is 54.8 Å². The number of rotatable bonds is 5. The topological polar surface area (TPSA) is 68.9 Å². The van der Waals surface area contributed by atoms with E-state index in [1.54, 1.807) is 14.2 Å². The average Bonchev–Trinajstić information content (AvgIpc) is 2.82. The van der Waals surface area contributed by atoms with Gasteiger partial charge < -0.3 is 20.6 Å². The number of nitrogens with one attached hydrogen (secondary N) is 1. The van der Waals surface area contributed by atoms with E-state index < -0.39 is 0 Å². The summed E-state index contributed by atoms with van der Waals surface area (Å²) in [4.78, 5) is 0. The van der Waals surface area contributed by atoms with E-state index in [2.05, 4.69) is 30.4 Å². The number of fused-ring (bicyclic) bond motifs is 1. The van der Waals surface area contributed by atoms with Crippen LogP contribution in [0.3, 0.4) is 0 Å². The number of allylic oxidation sites excluding steroid dienone is 1. The summed E-state index contributed by atoms with van der Waals surface area (Å²) in [5.74, 6) is 1.77. The predicted octanol–water partition coefficient (Wildman–Crippen LogP) is 4.19. The fraction of sp³-hybridized carbons (Fsp3) is 0.318. The third-order valence-corrected chi connectivity index (χ3v) is 5.03. The SMILES string of the molecule is CCC1c2cc(OC)c(OC)cc2C(/C=C/c2ccc(N)cc2)=NNC1C. The summed E-state index contributed by atoms with van der Waals surface area (Å²) >= 11 is 0. The van der Waals surface area contributed by atoms with Gasteiger partial charge in [-0.1, -0.05) is 25.1 Å². The lowest BCUT2D eigenvalue weighted by Gasteiger charge is -2.23. The molecule has 3 rings (SSSR count). The molecular formula is C22H27N3O2. The van der Waals surface area contributed by atoms with Gasteiger partial charge in [0.1, 0.15) is 0 Å². The third-order valence-electron chi connectivity index (χ3n) is 5.03. The molecule has 0 aliphatic carbocycles. The van der Waals surface area contributed by atoms with Crippen LogP contribution in [-0.2, 0) is 0 Å². The van der Waals surface area contributed by atoms with Crippen molar-refractivity contribution in [1.29, 1.82) is 0 Å². The van der Waals surface area contributed by atoms with Gasteiger partial charge in [0.15, 0.2) is 11.5 Å². The molecule has 3 N–H and O–H groups in total. The maximum absolute atomic E-state index is 5.77. The number of anilines is 1. The Bertz CT molecular complexity index is 857. The predicted molar refractivity (Wildman–Crippen MR) is 112 cm³/mol. The number of nitrogen functional groups attached to an aromatic ring is 1. The summed E-state index contributed by atoms with van der Waals surface area (Å²) in [5, 5.41) is 4.67. The van der Waals surface area contributed by atoms with E-state index in [-0.39, 0.29) is 6.04 Å². The molecule has 0 spiro atoms. The molecule has 2 aromatic rings. The molecule has 1 heterocycles. The van der Waals surface area contributed by atoms with E-state index in [1.807, 2.05) is 42.5 Å². The van der Waals surface area contributed by atoms with E-state index in [4.69, 9.17) is 15.2 Å². The second kappa shape index (κ2) is 8.16. The molecule has 0 amide bonds. The molecule has 142 valence electrons. The number of methoxy groups -OCH3 is 2. The standard InChI is InChI=1S/C22H27N3O2/c1-5-17-14(2)24-25-20(11-8-15-6-9-16(23)10-7-15)19-13-22(27-4)21(26-3)12-18(17)19/h6-14,17,24H,5,23H2,1-4H3/b11-8+. The van der Waals surface area contributed by atoms with Gasteiger partial charge in [-0.3, -0.25) is 0 Å². The normalized spacial score (nSPS) is 19.0. The van der Waals surface area contributed by atoms with E-state index in [0.717, 1.165) is 34.7 Å². The van der Waals surface area contributed by atoms with Gasteiger partial charge in [0.25, 0.3) is 0 Å². The van der Waals surface area contributed by atoms with Crippen LogP contribution < -0.4 is 20.6 Å². The Hall–Kier alpha value is -2.95. The van der Waals surface area contributed by atoms with Gasteiger partial charge in [0.05, 0.1) is 19.9 Å². The molecule has 0 aromatic heterocycles. The van der Waals surface area contributed by atoms with Gasteiger partial charge in [0.2, 0.25) is 0 Å². The van der Waals surface area contributed by atoms with Gasteiger partial charge in [-0.25, -0.2) is 0 Å². The van der Waals surface area contributed by atoms with Crippen molar-refractivity contribution in [3.05, 3.63) is 59.2 Å². The van der Waals surface area contributed by atoms with Crippen molar-refractivity contribution >= 4 is 17.5 Å². The van der Waals surface area contributed by atoms with E-state index in [0.29, 0.717) is 11.7 Å². The fourth-order valence-electron chi connectivity index (χ4n) is 3.50. The molecule has 5 heteroatoms. The lowest BCUT2D eigenvalue weighted by atomic mass is 9.85. The average molecular weight is 365 g/mol. The van der Waals surface area contributed by atoms with Crippen LogP contribution in [0.1, 0.15) is 42.9 Å². The molecule has 2 unspecified atom stereocenters. The summed E-state index contributed by atoms with van der Waals surface area (Å²) in [6.07, 6.45) is 5.06. The molecule has 2 aromatic carbocycles. The second-order valence-corrected chi connectivity index (χ2v) is 6.72. The molecule has 5 nitrogen and oxygen atoms in total. The van der Waals surface area contributed by atoms with Gasteiger partial charge in [-0.15, -0.1) is 0 Å². The largest absolute Gasteiger partial charge is 0.493 e. The summed E-state index contributed by atoms with van der Waals surface area (Å²) in [7, 11) is 3.32. The highest BCUT2D eigenvalue weighted by Gasteiger charge is 2.26. The number of ether oxygens (including phenoxy) is 2. The first-order valence-corrected chi connectivity index (χ1v) is 9.20. The molecule has 0 saturated heterocycles. The molecule has 0 bridgehead atoms. The van der Waals surface area contributed by atoms with Crippen LogP contribution >= 0.6 is 0 Å². The number of hydrogen-bond acceptors (Lipinski definition) is 5. The molecule has 2 atom stereocenters. The minimum atomic E-state index is 0.217. The summed E-state index contributed by atoms with van der Waals surface area (Å²) in [6.45, 7) is 4.35. The fourth-order valence-corrected chi connectivity index (χ4v) is 3.50. The van der Waals surface area contributed by atoms with Gasteiger partial charge in [0, 0.05) is 23.2 Å². The van der Waals surface area contributed by atoms with Crippen molar-refractivity contribution in [2.24, 2.45) is 5.10 Å². The first kappa shape index (κ1) is 18.8. The highest BCUT2D eigenvalue weighted by Crippen LogP contribution is 2.38. The first-order chi connectivity index (χ1) is 13.1. The van der Waals surface area contributed by atoms with Crippen molar-refractivity contribution in [3.63, 3.8) is 0 Å². The monoisotopic (exact) mass is 365 g/mol. The Labute approximate surface area is 160 Å². The highest BCUT2D eigenvalue weighted by atomic mass is 16.5. The molecule has 0 radical (unpaired) electrons. The van der Waals surface area contributed by atoms with Crippen molar-refractivity contribution in [2.75, 3.05) is 20.0 Å². The van der Waals surface area contributed by atoms with Gasteiger partial charge in [-0.2, -0.15) is 5.10 Å².